The Morgan fingerprint density at radius 1 is 1.08 bits per heavy atom. The maximum absolute atomic E-state index is 12.9. The van der Waals surface area contributed by atoms with Crippen LogP contribution < -0.4 is 11.0 Å². The summed E-state index contributed by atoms with van der Waals surface area (Å²) in [6.07, 6.45) is -1.19. The molecular weight excluding hydrogens is 326 g/mol. The molecular formula is C16H15F4N3O. The normalized spacial score (nSPS) is 20.5. The first-order valence-corrected chi connectivity index (χ1v) is 7.37. The Balaban J connectivity index is 1.47. The molecule has 2 N–H and O–H groups in total. The van der Waals surface area contributed by atoms with Crippen molar-refractivity contribution in [2.75, 3.05) is 5.43 Å². The molecule has 0 unspecified atom stereocenters. The van der Waals surface area contributed by atoms with Gasteiger partial charge in [-0.2, -0.15) is 13.2 Å². The van der Waals surface area contributed by atoms with Crippen molar-refractivity contribution in [2.24, 2.45) is 0 Å². The van der Waals surface area contributed by atoms with Crippen LogP contribution >= 0.6 is 0 Å². The Morgan fingerprint density at radius 3 is 2.46 bits per heavy atom. The van der Waals surface area contributed by atoms with Crippen molar-refractivity contribution in [3.05, 3.63) is 59.7 Å². The molecule has 0 saturated heterocycles. The second kappa shape index (κ2) is 6.74. The van der Waals surface area contributed by atoms with Gasteiger partial charge in [0.2, 0.25) is 0 Å². The first-order chi connectivity index (χ1) is 11.4. The third-order valence-electron chi connectivity index (χ3n) is 3.97. The van der Waals surface area contributed by atoms with Gasteiger partial charge in [0.25, 0.3) is 0 Å². The van der Waals surface area contributed by atoms with E-state index >= 15 is 0 Å². The highest BCUT2D eigenvalue weighted by Crippen LogP contribution is 2.38. The Kier molecular flexibility index (Phi) is 4.68. The van der Waals surface area contributed by atoms with Crippen LogP contribution in [0.1, 0.15) is 29.9 Å². The number of aromatic nitrogens is 1. The zero-order valence-corrected chi connectivity index (χ0v) is 12.5. The second-order valence-corrected chi connectivity index (χ2v) is 5.61. The number of nitrogens with one attached hydrogen (secondary N) is 2. The van der Waals surface area contributed by atoms with Crippen molar-refractivity contribution in [1.29, 1.82) is 0 Å². The molecule has 8 heteroatoms. The summed E-state index contributed by atoms with van der Waals surface area (Å²) in [5.41, 5.74) is 4.75. The first kappa shape index (κ1) is 16.7. The van der Waals surface area contributed by atoms with Gasteiger partial charge in [-0.3, -0.25) is 15.2 Å². The lowest BCUT2D eigenvalue weighted by Gasteiger charge is -2.35. The van der Waals surface area contributed by atoms with E-state index in [1.807, 2.05) is 0 Å². The third kappa shape index (κ3) is 3.82. The Bertz CT molecular complexity index is 684. The van der Waals surface area contributed by atoms with E-state index in [0.29, 0.717) is 12.8 Å². The van der Waals surface area contributed by atoms with E-state index in [2.05, 4.69) is 16.0 Å². The zero-order valence-electron chi connectivity index (χ0n) is 12.5. The van der Waals surface area contributed by atoms with Crippen LogP contribution in [0.3, 0.4) is 0 Å². The minimum absolute atomic E-state index is 0.122. The van der Waals surface area contributed by atoms with Crippen molar-refractivity contribution >= 4 is 5.69 Å². The van der Waals surface area contributed by atoms with Crippen molar-refractivity contribution < 1.29 is 22.4 Å². The number of hydrogen-bond donors (Lipinski definition) is 2. The van der Waals surface area contributed by atoms with Gasteiger partial charge in [0, 0.05) is 12.4 Å². The number of anilines is 1. The molecule has 0 bridgehead atoms. The molecule has 1 aliphatic carbocycles. The molecule has 1 saturated carbocycles. The van der Waals surface area contributed by atoms with E-state index in [1.54, 1.807) is 12.1 Å². The van der Waals surface area contributed by atoms with Crippen LogP contribution in [-0.2, 0) is 11.0 Å². The Morgan fingerprint density at radius 2 is 1.79 bits per heavy atom. The van der Waals surface area contributed by atoms with E-state index in [0.717, 1.165) is 11.8 Å². The maximum atomic E-state index is 12.9. The molecule has 0 radical (unpaired) electrons. The van der Waals surface area contributed by atoms with E-state index in [4.69, 9.17) is 4.84 Å². The second-order valence-electron chi connectivity index (χ2n) is 5.61. The predicted octanol–water partition coefficient (Wildman–Crippen LogP) is 4.03. The standard InChI is InChI=1S/C16H15F4N3O/c17-12-3-1-10(2-4-12)11-7-13(8-11)24-23-22-15-5-6-21-9-14(15)16(18,19)20/h1-6,9,11,13,23H,7-8H2,(H,21,22). The molecule has 1 aromatic heterocycles. The summed E-state index contributed by atoms with van der Waals surface area (Å²) >= 11 is 0. The molecule has 2 aromatic rings. The summed E-state index contributed by atoms with van der Waals surface area (Å²) in [7, 11) is 0. The molecule has 4 nitrogen and oxygen atoms in total. The Hall–Kier alpha value is -2.19. The number of halogens is 4. The average molecular weight is 341 g/mol. The van der Waals surface area contributed by atoms with Crippen LogP contribution in [0.15, 0.2) is 42.7 Å². The molecule has 1 aliphatic rings. The highest BCUT2D eigenvalue weighted by Gasteiger charge is 2.34. The fraction of sp³-hybridized carbons (Fsp3) is 0.312. The topological polar surface area (TPSA) is 46.2 Å². The molecule has 3 rings (SSSR count). The van der Waals surface area contributed by atoms with E-state index in [-0.39, 0.29) is 23.5 Å². The van der Waals surface area contributed by atoms with Crippen molar-refractivity contribution in [2.45, 2.75) is 31.0 Å². The number of rotatable bonds is 5. The molecule has 1 fully saturated rings. The molecule has 0 aliphatic heterocycles. The number of pyridine rings is 1. The van der Waals surface area contributed by atoms with E-state index < -0.39 is 11.7 Å². The van der Waals surface area contributed by atoms with Crippen molar-refractivity contribution in [3.8, 4) is 0 Å². The third-order valence-corrected chi connectivity index (χ3v) is 3.97. The summed E-state index contributed by atoms with van der Waals surface area (Å²) < 4.78 is 51.3. The summed E-state index contributed by atoms with van der Waals surface area (Å²) in [4.78, 5) is 8.78. The van der Waals surface area contributed by atoms with Crippen molar-refractivity contribution in [1.82, 2.24) is 10.6 Å². The van der Waals surface area contributed by atoms with Gasteiger partial charge in [0.15, 0.2) is 0 Å². The Labute approximate surface area is 135 Å². The molecule has 0 atom stereocenters. The van der Waals surface area contributed by atoms with Crippen LogP contribution in [0.2, 0.25) is 0 Å². The molecule has 0 amide bonds. The quantitative estimate of drug-likeness (QED) is 0.637. The van der Waals surface area contributed by atoms with Gasteiger partial charge < -0.3 is 0 Å². The van der Waals surface area contributed by atoms with Gasteiger partial charge in [-0.25, -0.2) is 4.39 Å². The predicted molar refractivity (Wildman–Crippen MR) is 79.2 cm³/mol. The first-order valence-electron chi connectivity index (χ1n) is 7.37. The molecule has 24 heavy (non-hydrogen) atoms. The summed E-state index contributed by atoms with van der Waals surface area (Å²) in [5.74, 6) is -0.0152. The largest absolute Gasteiger partial charge is 0.419 e. The number of hydrogen-bond acceptors (Lipinski definition) is 4. The SMILES string of the molecule is Fc1ccc(C2CC(ONNc3ccncc3C(F)(F)F)C2)cc1. The van der Waals surface area contributed by atoms with Gasteiger partial charge in [-0.1, -0.05) is 12.1 Å². The lowest BCUT2D eigenvalue weighted by Crippen LogP contribution is -2.37. The number of benzene rings is 1. The fourth-order valence-electron chi connectivity index (χ4n) is 2.57. The minimum atomic E-state index is -4.50. The van der Waals surface area contributed by atoms with Crippen LogP contribution in [0, 0.1) is 5.82 Å². The molecule has 1 heterocycles. The monoisotopic (exact) mass is 341 g/mol. The van der Waals surface area contributed by atoms with Gasteiger partial charge in [-0.05, 0) is 42.5 Å². The number of nitrogens with zero attached hydrogens (tertiary/aromatic N) is 1. The molecule has 1 aromatic carbocycles. The van der Waals surface area contributed by atoms with Gasteiger partial charge in [0.05, 0.1) is 17.4 Å². The van der Waals surface area contributed by atoms with Gasteiger partial charge in [-0.15, -0.1) is 5.59 Å². The maximum Gasteiger partial charge on any atom is 0.419 e. The van der Waals surface area contributed by atoms with Crippen LogP contribution in [-0.4, -0.2) is 11.1 Å². The van der Waals surface area contributed by atoms with Gasteiger partial charge in [0.1, 0.15) is 5.82 Å². The summed E-state index contributed by atoms with van der Waals surface area (Å²) in [6, 6.07) is 7.49. The lowest BCUT2D eigenvalue weighted by atomic mass is 9.77. The number of hydrazine groups is 1. The molecule has 128 valence electrons. The minimum Gasteiger partial charge on any atom is -0.298 e. The number of alkyl halides is 3. The van der Waals surface area contributed by atoms with Crippen LogP contribution in [0.25, 0.3) is 0 Å². The van der Waals surface area contributed by atoms with Crippen LogP contribution in [0.5, 0.6) is 0 Å². The van der Waals surface area contributed by atoms with Gasteiger partial charge >= 0.3 is 6.18 Å². The average Bonchev–Trinajstić information content (AvgIpc) is 2.50. The van der Waals surface area contributed by atoms with Crippen molar-refractivity contribution in [3.63, 3.8) is 0 Å². The fourth-order valence-corrected chi connectivity index (χ4v) is 2.57. The lowest BCUT2D eigenvalue weighted by molar-refractivity contribution is -0.137. The zero-order chi connectivity index (χ0) is 17.2. The summed E-state index contributed by atoms with van der Waals surface area (Å²) in [6.45, 7) is 0. The molecule has 0 spiro atoms. The summed E-state index contributed by atoms with van der Waals surface area (Å²) in [5, 5.41) is 0. The highest BCUT2D eigenvalue weighted by molar-refractivity contribution is 5.49. The smallest absolute Gasteiger partial charge is 0.298 e. The van der Waals surface area contributed by atoms with E-state index in [1.165, 1.54) is 24.4 Å². The van der Waals surface area contributed by atoms with Crippen LogP contribution in [0.4, 0.5) is 23.2 Å². The van der Waals surface area contributed by atoms with E-state index in [9.17, 15) is 17.6 Å². The highest BCUT2D eigenvalue weighted by atomic mass is 19.4.